The van der Waals surface area contributed by atoms with E-state index >= 15 is 0 Å². The first-order valence-electron chi connectivity index (χ1n) is 6.33. The Bertz CT molecular complexity index is 731. The lowest BCUT2D eigenvalue weighted by atomic mass is 9.97. The van der Waals surface area contributed by atoms with Crippen LogP contribution in [0.15, 0.2) is 24.3 Å². The molecule has 0 aliphatic rings. The maximum absolute atomic E-state index is 12.3. The molecule has 21 heavy (non-hydrogen) atoms. The van der Waals surface area contributed by atoms with Gasteiger partial charge >= 0.3 is 0 Å². The third-order valence-electron chi connectivity index (χ3n) is 3.12. The molecule has 0 aliphatic carbocycles. The second kappa shape index (κ2) is 6.30. The highest BCUT2D eigenvalue weighted by atomic mass is 35.5. The van der Waals surface area contributed by atoms with Gasteiger partial charge in [-0.3, -0.25) is 4.79 Å². The fourth-order valence-electron chi connectivity index (χ4n) is 2.15. The van der Waals surface area contributed by atoms with E-state index in [0.29, 0.717) is 15.6 Å². The number of rotatable bonds is 3. The van der Waals surface area contributed by atoms with Crippen molar-refractivity contribution < 1.29 is 4.79 Å². The van der Waals surface area contributed by atoms with Crippen molar-refractivity contribution in [3.05, 3.63) is 51.3 Å². The lowest BCUT2D eigenvalue weighted by molar-refractivity contribution is 0.0880. The number of carbonyl (C=O) groups excluding carboxylic acids is 1. The minimum atomic E-state index is -0.633. The summed E-state index contributed by atoms with van der Waals surface area (Å²) in [6, 6.07) is 8.82. The molecule has 0 N–H and O–H groups in total. The number of hydrogen-bond acceptors (Lipinski definition) is 3. The van der Waals surface area contributed by atoms with Crippen LogP contribution in [0.4, 0.5) is 0 Å². The van der Waals surface area contributed by atoms with E-state index < -0.39 is 5.92 Å². The van der Waals surface area contributed by atoms with Gasteiger partial charge in [0.1, 0.15) is 0 Å². The van der Waals surface area contributed by atoms with Gasteiger partial charge in [0.05, 0.1) is 17.7 Å². The Labute approximate surface area is 132 Å². The molecule has 2 rings (SSSR count). The summed E-state index contributed by atoms with van der Waals surface area (Å²) < 4.78 is 1.32. The summed E-state index contributed by atoms with van der Waals surface area (Å²) in [5.74, 6) is -0.871. The molecule has 0 radical (unpaired) electrons. The molecule has 0 bridgehead atoms. The largest absolute Gasteiger partial charge is 0.273 e. The Morgan fingerprint density at radius 3 is 2.62 bits per heavy atom. The van der Waals surface area contributed by atoms with Crippen molar-refractivity contribution >= 4 is 29.1 Å². The zero-order chi connectivity index (χ0) is 15.6. The first kappa shape index (κ1) is 15.6. The zero-order valence-electron chi connectivity index (χ0n) is 11.6. The molecule has 0 saturated heterocycles. The Morgan fingerprint density at radius 2 is 2.10 bits per heavy atom. The molecule has 6 heteroatoms. The van der Waals surface area contributed by atoms with Crippen molar-refractivity contribution in [2.45, 2.75) is 26.2 Å². The molecule has 1 heterocycles. The number of nitriles is 1. The summed E-state index contributed by atoms with van der Waals surface area (Å²) in [5, 5.41) is 14.3. The van der Waals surface area contributed by atoms with Crippen molar-refractivity contribution in [3.8, 4) is 6.07 Å². The number of carbonyl (C=O) groups is 1. The predicted molar refractivity (Wildman–Crippen MR) is 81.8 cm³/mol. The molecule has 1 atom stereocenters. The van der Waals surface area contributed by atoms with Crippen LogP contribution in [0.3, 0.4) is 0 Å². The van der Waals surface area contributed by atoms with Crippen LogP contribution in [-0.2, 0) is 0 Å². The Hall–Kier alpha value is -1.83. The van der Waals surface area contributed by atoms with E-state index in [9.17, 15) is 10.1 Å². The van der Waals surface area contributed by atoms with Gasteiger partial charge < -0.3 is 0 Å². The Balaban J connectivity index is 2.25. The van der Waals surface area contributed by atoms with Crippen molar-refractivity contribution in [3.63, 3.8) is 0 Å². The van der Waals surface area contributed by atoms with Crippen molar-refractivity contribution in [2.24, 2.45) is 0 Å². The van der Waals surface area contributed by atoms with Crippen LogP contribution in [0, 0.1) is 25.2 Å². The van der Waals surface area contributed by atoms with E-state index in [-0.39, 0.29) is 12.3 Å². The third-order valence-corrected chi connectivity index (χ3v) is 3.68. The minimum Gasteiger partial charge on any atom is -0.273 e. The van der Waals surface area contributed by atoms with Gasteiger partial charge in [0.2, 0.25) is 5.91 Å². The molecule has 4 nitrogen and oxygen atoms in total. The molecule has 0 saturated carbocycles. The molecule has 0 amide bonds. The average molecular weight is 322 g/mol. The Kier molecular flexibility index (Phi) is 4.66. The molecule has 1 aromatic heterocycles. The first-order valence-corrected chi connectivity index (χ1v) is 7.09. The van der Waals surface area contributed by atoms with E-state index in [2.05, 4.69) is 11.2 Å². The maximum atomic E-state index is 12.3. The minimum absolute atomic E-state index is 0.0137. The number of nitrogens with zero attached hydrogens (tertiary/aromatic N) is 3. The van der Waals surface area contributed by atoms with Gasteiger partial charge in [0.25, 0.3) is 0 Å². The standard InChI is InChI=1S/C15H13Cl2N3O/c1-9-5-10(2)20(19-9)15(21)6-11(8-18)13-4-3-12(16)7-14(13)17/h3-5,7,11H,6H2,1-2H3/t11-/m0/s1. The van der Waals surface area contributed by atoms with E-state index in [0.717, 1.165) is 11.4 Å². The normalized spacial score (nSPS) is 12.0. The maximum Gasteiger partial charge on any atom is 0.248 e. The van der Waals surface area contributed by atoms with Crippen molar-refractivity contribution in [2.75, 3.05) is 0 Å². The summed E-state index contributed by atoms with van der Waals surface area (Å²) in [4.78, 5) is 12.3. The van der Waals surface area contributed by atoms with Crippen LogP contribution in [0.25, 0.3) is 0 Å². The van der Waals surface area contributed by atoms with E-state index in [1.165, 1.54) is 4.68 Å². The fourth-order valence-corrected chi connectivity index (χ4v) is 2.69. The van der Waals surface area contributed by atoms with Gasteiger partial charge in [0, 0.05) is 22.2 Å². The third kappa shape index (κ3) is 3.44. The summed E-state index contributed by atoms with van der Waals surface area (Å²) in [6.07, 6.45) is 0.0137. The number of hydrogen-bond donors (Lipinski definition) is 0. The average Bonchev–Trinajstić information content (AvgIpc) is 2.75. The van der Waals surface area contributed by atoms with E-state index in [1.807, 2.05) is 13.0 Å². The lowest BCUT2D eigenvalue weighted by Crippen LogP contribution is -2.17. The molecular formula is C15H13Cl2N3O. The molecule has 0 spiro atoms. The molecule has 0 fully saturated rings. The molecule has 1 aromatic carbocycles. The van der Waals surface area contributed by atoms with Crippen LogP contribution >= 0.6 is 23.2 Å². The topological polar surface area (TPSA) is 58.7 Å². The second-order valence-electron chi connectivity index (χ2n) is 4.78. The highest BCUT2D eigenvalue weighted by Crippen LogP contribution is 2.29. The second-order valence-corrected chi connectivity index (χ2v) is 5.63. The van der Waals surface area contributed by atoms with Gasteiger partial charge in [0.15, 0.2) is 0 Å². The summed E-state index contributed by atoms with van der Waals surface area (Å²) in [5.41, 5.74) is 2.11. The molecule has 2 aromatic rings. The van der Waals surface area contributed by atoms with Crippen molar-refractivity contribution in [1.82, 2.24) is 9.78 Å². The van der Waals surface area contributed by atoms with Gasteiger partial charge in [-0.1, -0.05) is 29.3 Å². The molecule has 108 valence electrons. The fraction of sp³-hybridized carbons (Fsp3) is 0.267. The quantitative estimate of drug-likeness (QED) is 0.853. The van der Waals surface area contributed by atoms with Crippen LogP contribution in [0.1, 0.15) is 34.1 Å². The van der Waals surface area contributed by atoms with Gasteiger partial charge in [-0.05, 0) is 37.6 Å². The molecule has 0 unspecified atom stereocenters. The lowest BCUT2D eigenvalue weighted by Gasteiger charge is -2.11. The van der Waals surface area contributed by atoms with Crippen molar-refractivity contribution in [1.29, 1.82) is 5.26 Å². The van der Waals surface area contributed by atoms with Crippen LogP contribution in [0.2, 0.25) is 10.0 Å². The Morgan fingerprint density at radius 1 is 1.38 bits per heavy atom. The van der Waals surface area contributed by atoms with Gasteiger partial charge in [-0.25, -0.2) is 4.68 Å². The summed E-state index contributed by atoms with van der Waals surface area (Å²) >= 11 is 11.9. The summed E-state index contributed by atoms with van der Waals surface area (Å²) in [6.45, 7) is 3.61. The summed E-state index contributed by atoms with van der Waals surface area (Å²) in [7, 11) is 0. The number of benzene rings is 1. The number of aryl methyl sites for hydroxylation is 2. The SMILES string of the molecule is Cc1cc(C)n(C(=O)C[C@@H](C#N)c2ccc(Cl)cc2Cl)n1. The number of halogens is 2. The van der Waals surface area contributed by atoms with Crippen LogP contribution in [-0.4, -0.2) is 15.7 Å². The van der Waals surface area contributed by atoms with E-state index in [4.69, 9.17) is 23.2 Å². The smallest absolute Gasteiger partial charge is 0.248 e. The van der Waals surface area contributed by atoms with Crippen LogP contribution < -0.4 is 0 Å². The number of aromatic nitrogens is 2. The van der Waals surface area contributed by atoms with Gasteiger partial charge in [-0.15, -0.1) is 0 Å². The molecule has 0 aliphatic heterocycles. The highest BCUT2D eigenvalue weighted by molar-refractivity contribution is 6.35. The first-order chi connectivity index (χ1) is 9.92. The predicted octanol–water partition coefficient (Wildman–Crippen LogP) is 4.14. The molecular weight excluding hydrogens is 309 g/mol. The van der Waals surface area contributed by atoms with E-state index in [1.54, 1.807) is 25.1 Å². The monoisotopic (exact) mass is 321 g/mol. The van der Waals surface area contributed by atoms with Gasteiger partial charge in [-0.2, -0.15) is 10.4 Å². The zero-order valence-corrected chi connectivity index (χ0v) is 13.1. The highest BCUT2D eigenvalue weighted by Gasteiger charge is 2.21. The van der Waals surface area contributed by atoms with Crippen LogP contribution in [0.5, 0.6) is 0 Å².